The third-order valence-electron chi connectivity index (χ3n) is 3.48. The van der Waals surface area contributed by atoms with E-state index in [4.69, 9.17) is 4.74 Å². The van der Waals surface area contributed by atoms with Crippen LogP contribution in [0.4, 0.5) is 0 Å². The second-order valence-corrected chi connectivity index (χ2v) is 5.13. The Balaban J connectivity index is 1.98. The number of aromatic nitrogens is 1. The topological polar surface area (TPSA) is 58.5 Å². The Hall–Kier alpha value is -1.88. The van der Waals surface area contributed by atoms with Gasteiger partial charge in [-0.05, 0) is 31.4 Å². The zero-order valence-corrected chi connectivity index (χ0v) is 12.6. The maximum absolute atomic E-state index is 5.38. The molecule has 0 aliphatic carbocycles. The summed E-state index contributed by atoms with van der Waals surface area (Å²) in [6, 6.07) is 4.42. The Bertz CT molecular complexity index is 481. The van der Waals surface area contributed by atoms with Gasteiger partial charge in [-0.1, -0.05) is 12.1 Å². The van der Waals surface area contributed by atoms with E-state index in [9.17, 15) is 0 Å². The van der Waals surface area contributed by atoms with Gasteiger partial charge < -0.3 is 15.4 Å². The average Bonchev–Trinajstić information content (AvgIpc) is 2.52. The Kier molecular flexibility index (Phi) is 6.22. The van der Waals surface area contributed by atoms with E-state index in [0.717, 1.165) is 43.3 Å². The number of hydrogen-bond acceptors (Lipinski definition) is 3. The molecular formula is C16H24N4O. The zero-order valence-electron chi connectivity index (χ0n) is 12.6. The van der Waals surface area contributed by atoms with E-state index in [1.165, 1.54) is 0 Å². The predicted molar refractivity (Wildman–Crippen MR) is 85.3 cm³/mol. The molecule has 2 heterocycles. The Morgan fingerprint density at radius 3 is 3.05 bits per heavy atom. The smallest absolute Gasteiger partial charge is 0.192 e. The van der Waals surface area contributed by atoms with Gasteiger partial charge in [0.15, 0.2) is 5.96 Å². The van der Waals surface area contributed by atoms with E-state index in [2.05, 4.69) is 40.2 Å². The average molecular weight is 288 g/mol. The van der Waals surface area contributed by atoms with Gasteiger partial charge in [0.1, 0.15) is 0 Å². The highest BCUT2D eigenvalue weighted by Crippen LogP contribution is 2.07. The Morgan fingerprint density at radius 1 is 1.52 bits per heavy atom. The lowest BCUT2D eigenvalue weighted by atomic mass is 10.1. The number of aryl methyl sites for hydroxylation is 1. The molecule has 5 nitrogen and oxygen atoms in total. The summed E-state index contributed by atoms with van der Waals surface area (Å²) >= 11 is 0. The largest absolute Gasteiger partial charge is 0.381 e. The van der Waals surface area contributed by atoms with Crippen LogP contribution in [0.3, 0.4) is 0 Å². The van der Waals surface area contributed by atoms with Crippen LogP contribution in [0.1, 0.15) is 24.1 Å². The number of hydrogen-bond donors (Lipinski definition) is 2. The highest BCUT2D eigenvalue weighted by Gasteiger charge is 2.14. The van der Waals surface area contributed by atoms with Crippen LogP contribution in [0.5, 0.6) is 0 Å². The van der Waals surface area contributed by atoms with Crippen LogP contribution in [0.2, 0.25) is 0 Å². The molecule has 5 heteroatoms. The molecule has 114 valence electrons. The summed E-state index contributed by atoms with van der Waals surface area (Å²) in [6.45, 7) is 8.68. The summed E-state index contributed by atoms with van der Waals surface area (Å²) in [4.78, 5) is 9.00. The summed E-state index contributed by atoms with van der Waals surface area (Å²) < 4.78 is 5.38. The van der Waals surface area contributed by atoms with Crippen LogP contribution in [0.25, 0.3) is 0 Å². The van der Waals surface area contributed by atoms with Crippen LogP contribution in [-0.2, 0) is 11.3 Å². The fourth-order valence-corrected chi connectivity index (χ4v) is 2.19. The fraction of sp³-hybridized carbons (Fsp3) is 0.500. The number of nitrogens with zero attached hydrogens (tertiary/aromatic N) is 2. The lowest BCUT2D eigenvalue weighted by Gasteiger charge is -2.25. The van der Waals surface area contributed by atoms with E-state index in [-0.39, 0.29) is 0 Å². The molecule has 21 heavy (non-hydrogen) atoms. The maximum Gasteiger partial charge on any atom is 0.192 e. The molecule has 0 radical (unpaired) electrons. The lowest BCUT2D eigenvalue weighted by Crippen LogP contribution is -2.45. The highest BCUT2D eigenvalue weighted by atomic mass is 16.5. The number of rotatable bonds is 5. The minimum absolute atomic E-state index is 0.416. The number of guanidine groups is 1. The van der Waals surface area contributed by atoms with E-state index in [0.29, 0.717) is 19.1 Å². The Labute approximate surface area is 126 Å². The van der Waals surface area contributed by atoms with Crippen molar-refractivity contribution in [2.75, 3.05) is 19.8 Å². The number of ether oxygens (including phenoxy) is 1. The molecular weight excluding hydrogens is 264 g/mol. The molecule has 0 spiro atoms. The molecule has 1 aliphatic rings. The molecule has 1 fully saturated rings. The monoisotopic (exact) mass is 288 g/mol. The van der Waals surface area contributed by atoms with Crippen molar-refractivity contribution < 1.29 is 4.74 Å². The summed E-state index contributed by atoms with van der Waals surface area (Å²) in [7, 11) is 0. The minimum atomic E-state index is 0.416. The van der Waals surface area contributed by atoms with Gasteiger partial charge in [-0.3, -0.25) is 4.98 Å². The van der Waals surface area contributed by atoms with Gasteiger partial charge in [0.2, 0.25) is 0 Å². The first-order chi connectivity index (χ1) is 10.3. The summed E-state index contributed by atoms with van der Waals surface area (Å²) in [5.41, 5.74) is 2.17. The van der Waals surface area contributed by atoms with Crippen molar-refractivity contribution in [1.82, 2.24) is 15.6 Å². The summed E-state index contributed by atoms with van der Waals surface area (Å²) in [6.07, 6.45) is 5.66. The van der Waals surface area contributed by atoms with Crippen LogP contribution in [-0.4, -0.2) is 36.7 Å². The van der Waals surface area contributed by atoms with Gasteiger partial charge in [-0.25, -0.2) is 4.99 Å². The number of nitrogens with one attached hydrogen (secondary N) is 2. The molecule has 0 bridgehead atoms. The molecule has 2 rings (SSSR count). The van der Waals surface area contributed by atoms with Gasteiger partial charge in [0, 0.05) is 32.0 Å². The van der Waals surface area contributed by atoms with Crippen molar-refractivity contribution in [2.45, 2.75) is 32.4 Å². The zero-order chi connectivity index (χ0) is 14.9. The van der Waals surface area contributed by atoms with Crippen LogP contribution in [0.15, 0.2) is 36.0 Å². The van der Waals surface area contributed by atoms with Crippen LogP contribution >= 0.6 is 0 Å². The molecule has 0 aromatic carbocycles. The van der Waals surface area contributed by atoms with E-state index in [1.807, 2.05) is 12.1 Å². The van der Waals surface area contributed by atoms with Crippen LogP contribution in [0, 0.1) is 6.92 Å². The van der Waals surface area contributed by atoms with Crippen LogP contribution < -0.4 is 10.6 Å². The second-order valence-electron chi connectivity index (χ2n) is 5.13. The Morgan fingerprint density at radius 2 is 2.33 bits per heavy atom. The standard InChI is InChI=1S/C16H24N4O/c1-3-8-18-16(20-14-6-10-21-11-7-14)19-12-15-13(2)5-4-9-17-15/h3-5,9,14H,1,6-8,10-12H2,2H3,(H2,18,19,20). The van der Waals surface area contributed by atoms with E-state index < -0.39 is 0 Å². The maximum atomic E-state index is 5.38. The summed E-state index contributed by atoms with van der Waals surface area (Å²) in [5.74, 6) is 0.812. The first-order valence-electron chi connectivity index (χ1n) is 7.43. The highest BCUT2D eigenvalue weighted by molar-refractivity contribution is 5.80. The third-order valence-corrected chi connectivity index (χ3v) is 3.48. The number of aliphatic imine (C=N–C) groups is 1. The summed E-state index contributed by atoms with van der Waals surface area (Å²) in [5, 5.41) is 6.72. The molecule has 0 unspecified atom stereocenters. The predicted octanol–water partition coefficient (Wildman–Crippen LogP) is 1.79. The van der Waals surface area contributed by atoms with Crippen molar-refractivity contribution in [1.29, 1.82) is 0 Å². The lowest BCUT2D eigenvalue weighted by molar-refractivity contribution is 0.0822. The first-order valence-corrected chi connectivity index (χ1v) is 7.43. The SMILES string of the molecule is C=CCNC(=NCc1ncccc1C)NC1CCOCC1. The van der Waals surface area contributed by atoms with E-state index >= 15 is 0 Å². The fourth-order valence-electron chi connectivity index (χ4n) is 2.19. The van der Waals surface area contributed by atoms with E-state index in [1.54, 1.807) is 6.20 Å². The number of pyridine rings is 1. The normalized spacial score (nSPS) is 16.5. The molecule has 1 aromatic heterocycles. The van der Waals surface area contributed by atoms with Gasteiger partial charge in [-0.2, -0.15) is 0 Å². The molecule has 0 saturated carbocycles. The minimum Gasteiger partial charge on any atom is -0.381 e. The molecule has 0 atom stereocenters. The van der Waals surface area contributed by atoms with Crippen molar-refractivity contribution in [3.63, 3.8) is 0 Å². The second kappa shape index (κ2) is 8.42. The van der Waals surface area contributed by atoms with Crippen molar-refractivity contribution in [2.24, 2.45) is 4.99 Å². The van der Waals surface area contributed by atoms with Crippen molar-refractivity contribution in [3.8, 4) is 0 Å². The molecule has 1 saturated heterocycles. The third kappa shape index (κ3) is 5.19. The first kappa shape index (κ1) is 15.5. The molecule has 2 N–H and O–H groups in total. The van der Waals surface area contributed by atoms with Gasteiger partial charge in [0.05, 0.1) is 12.2 Å². The van der Waals surface area contributed by atoms with Gasteiger partial charge >= 0.3 is 0 Å². The van der Waals surface area contributed by atoms with Crippen molar-refractivity contribution >= 4 is 5.96 Å². The molecule has 1 aliphatic heterocycles. The molecule has 0 amide bonds. The van der Waals surface area contributed by atoms with Crippen molar-refractivity contribution in [3.05, 3.63) is 42.2 Å². The molecule has 1 aromatic rings. The van der Waals surface area contributed by atoms with Gasteiger partial charge in [0.25, 0.3) is 0 Å². The quantitative estimate of drug-likeness (QED) is 0.493. The van der Waals surface area contributed by atoms with Gasteiger partial charge in [-0.15, -0.1) is 6.58 Å².